The molecule has 0 bridgehead atoms. The molecule has 0 saturated carbocycles. The molecule has 3 atom stereocenters. The Morgan fingerprint density at radius 1 is 1.12 bits per heavy atom. The van der Waals surface area contributed by atoms with E-state index in [-0.39, 0.29) is 23.0 Å². The first-order valence-corrected chi connectivity index (χ1v) is 12.3. The molecule has 26 heavy (non-hydrogen) atoms. The molecule has 0 heterocycles. The lowest BCUT2D eigenvalue weighted by atomic mass is 9.95. The third kappa shape index (κ3) is 6.52. The van der Waals surface area contributed by atoms with Gasteiger partial charge in [0.2, 0.25) is 0 Å². The number of carbonyl (C=O) groups excluding carboxylic acids is 1. The van der Waals surface area contributed by atoms with Gasteiger partial charge in [0.25, 0.3) is 0 Å². The van der Waals surface area contributed by atoms with E-state index in [2.05, 4.69) is 40.8 Å². The first-order valence-electron chi connectivity index (χ1n) is 9.35. The van der Waals surface area contributed by atoms with Gasteiger partial charge in [0.15, 0.2) is 8.32 Å². The van der Waals surface area contributed by atoms with Crippen LogP contribution in [0.15, 0.2) is 24.3 Å². The first kappa shape index (κ1) is 22.9. The third-order valence-electron chi connectivity index (χ3n) is 5.41. The van der Waals surface area contributed by atoms with Crippen molar-refractivity contribution in [1.82, 2.24) is 0 Å². The Morgan fingerprint density at radius 2 is 1.69 bits per heavy atom. The van der Waals surface area contributed by atoms with Crippen LogP contribution in [0.25, 0.3) is 0 Å². The molecular weight excluding hydrogens is 344 g/mol. The first-order chi connectivity index (χ1) is 12.0. The summed E-state index contributed by atoms with van der Waals surface area (Å²) >= 11 is 0. The highest BCUT2D eigenvalue weighted by atomic mass is 28.4. The van der Waals surface area contributed by atoms with E-state index in [0.717, 1.165) is 17.6 Å². The fourth-order valence-corrected chi connectivity index (χ4v) is 3.59. The maximum absolute atomic E-state index is 11.4. The number of methoxy groups -OCH3 is 1. The summed E-state index contributed by atoms with van der Waals surface area (Å²) in [5.74, 6) is 0.788. The quantitative estimate of drug-likeness (QED) is 0.420. The van der Waals surface area contributed by atoms with Gasteiger partial charge < -0.3 is 18.7 Å². The summed E-state index contributed by atoms with van der Waals surface area (Å²) in [6.07, 6.45) is 0.806. The molecular formula is C21H36O4Si. The minimum atomic E-state index is -1.81. The van der Waals surface area contributed by atoms with Crippen molar-refractivity contribution in [3.8, 4) is 5.75 Å². The fraction of sp³-hybridized carbons (Fsp3) is 0.667. The molecule has 0 aliphatic heterocycles. The maximum Gasteiger partial charge on any atom is 0.191 e. The summed E-state index contributed by atoms with van der Waals surface area (Å²) in [7, 11) is -0.164. The van der Waals surface area contributed by atoms with E-state index in [0.29, 0.717) is 13.2 Å². The monoisotopic (exact) mass is 380 g/mol. The zero-order chi connectivity index (χ0) is 20.0. The molecule has 4 nitrogen and oxygen atoms in total. The smallest absolute Gasteiger partial charge is 0.191 e. The number of rotatable bonds is 10. The zero-order valence-electron chi connectivity index (χ0n) is 17.7. The van der Waals surface area contributed by atoms with E-state index < -0.39 is 8.32 Å². The van der Waals surface area contributed by atoms with Crippen LogP contribution in [-0.2, 0) is 20.6 Å². The second kappa shape index (κ2) is 9.67. The van der Waals surface area contributed by atoms with Crippen LogP contribution in [0.2, 0.25) is 18.1 Å². The number of carbonyl (C=O) groups is 1. The molecule has 0 saturated heterocycles. The molecule has 0 aromatic heterocycles. The van der Waals surface area contributed by atoms with Gasteiger partial charge in [-0.3, -0.25) is 0 Å². The average molecular weight is 381 g/mol. The van der Waals surface area contributed by atoms with Crippen molar-refractivity contribution in [2.75, 3.05) is 13.7 Å². The lowest BCUT2D eigenvalue weighted by Crippen LogP contribution is -2.43. The number of hydrogen-bond acceptors (Lipinski definition) is 4. The Morgan fingerprint density at radius 3 is 2.15 bits per heavy atom. The summed E-state index contributed by atoms with van der Waals surface area (Å²) in [6.45, 7) is 16.3. The van der Waals surface area contributed by atoms with Crippen LogP contribution in [0.1, 0.15) is 40.2 Å². The highest BCUT2D eigenvalue weighted by molar-refractivity contribution is 6.74. The van der Waals surface area contributed by atoms with Crippen LogP contribution in [-0.4, -0.2) is 34.4 Å². The number of ether oxygens (including phenoxy) is 2. The van der Waals surface area contributed by atoms with Crippen LogP contribution in [0.4, 0.5) is 0 Å². The van der Waals surface area contributed by atoms with Crippen molar-refractivity contribution in [3.63, 3.8) is 0 Å². The van der Waals surface area contributed by atoms with Crippen molar-refractivity contribution in [3.05, 3.63) is 29.8 Å². The van der Waals surface area contributed by atoms with Gasteiger partial charge in [0.1, 0.15) is 12.0 Å². The van der Waals surface area contributed by atoms with Gasteiger partial charge in [-0.1, -0.05) is 46.8 Å². The normalized spacial score (nSPS) is 16.0. The summed E-state index contributed by atoms with van der Waals surface area (Å²) in [5.41, 5.74) is 1.06. The zero-order valence-corrected chi connectivity index (χ0v) is 18.7. The van der Waals surface area contributed by atoms with Crippen molar-refractivity contribution in [2.45, 2.75) is 65.5 Å². The second-order valence-corrected chi connectivity index (χ2v) is 13.5. The van der Waals surface area contributed by atoms with Crippen molar-refractivity contribution in [2.24, 2.45) is 11.8 Å². The highest BCUT2D eigenvalue weighted by Crippen LogP contribution is 2.37. The van der Waals surface area contributed by atoms with Crippen LogP contribution in [0.3, 0.4) is 0 Å². The predicted molar refractivity (Wildman–Crippen MR) is 109 cm³/mol. The SMILES string of the molecule is COc1ccc(CO[C@@H]([C@@H](C)C=O)[C@@H](C)CO[Si](C)(C)C(C)(C)C)cc1. The maximum atomic E-state index is 11.4. The van der Waals surface area contributed by atoms with Gasteiger partial charge in [-0.05, 0) is 35.8 Å². The average Bonchev–Trinajstić information content (AvgIpc) is 2.59. The van der Waals surface area contributed by atoms with Gasteiger partial charge in [-0.25, -0.2) is 0 Å². The number of benzene rings is 1. The Labute approximate surface area is 160 Å². The molecule has 0 aliphatic rings. The molecule has 0 radical (unpaired) electrons. The van der Waals surface area contributed by atoms with Gasteiger partial charge in [0, 0.05) is 18.4 Å². The molecule has 0 amide bonds. The Hall–Kier alpha value is -1.17. The summed E-state index contributed by atoms with van der Waals surface area (Å²) in [4.78, 5) is 11.4. The van der Waals surface area contributed by atoms with E-state index in [4.69, 9.17) is 13.9 Å². The minimum Gasteiger partial charge on any atom is -0.497 e. The van der Waals surface area contributed by atoms with Crippen molar-refractivity contribution in [1.29, 1.82) is 0 Å². The summed E-state index contributed by atoms with van der Waals surface area (Å²) in [5, 5.41) is 0.169. The van der Waals surface area contributed by atoms with Gasteiger partial charge in [-0.15, -0.1) is 0 Å². The van der Waals surface area contributed by atoms with Crippen LogP contribution >= 0.6 is 0 Å². The molecule has 0 unspecified atom stereocenters. The van der Waals surface area contributed by atoms with Gasteiger partial charge in [-0.2, -0.15) is 0 Å². The molecule has 1 aromatic rings. The standard InChI is InChI=1S/C21H36O4Si/c1-16(13-22)20(17(2)14-25-26(7,8)21(3,4)5)24-15-18-9-11-19(23-6)12-10-18/h9-13,16-17,20H,14-15H2,1-8H3/t16-,17-,20-/m0/s1. The fourth-order valence-electron chi connectivity index (χ4n) is 2.48. The van der Waals surface area contributed by atoms with Crippen LogP contribution < -0.4 is 4.74 Å². The number of aldehydes is 1. The number of hydrogen-bond donors (Lipinski definition) is 0. The third-order valence-corrected chi connectivity index (χ3v) is 9.91. The molecule has 5 heteroatoms. The van der Waals surface area contributed by atoms with Crippen molar-refractivity contribution < 1.29 is 18.7 Å². The summed E-state index contributed by atoms with van der Waals surface area (Å²) < 4.78 is 17.7. The van der Waals surface area contributed by atoms with Gasteiger partial charge >= 0.3 is 0 Å². The van der Waals surface area contributed by atoms with Crippen LogP contribution in [0, 0.1) is 11.8 Å². The lowest BCUT2D eigenvalue weighted by molar-refractivity contribution is -0.118. The molecule has 0 aliphatic carbocycles. The second-order valence-electron chi connectivity index (χ2n) is 8.67. The molecule has 1 aromatic carbocycles. The lowest BCUT2D eigenvalue weighted by Gasteiger charge is -2.38. The predicted octanol–water partition coefficient (Wildman–Crippen LogP) is 5.07. The topological polar surface area (TPSA) is 44.8 Å². The van der Waals surface area contributed by atoms with E-state index in [9.17, 15) is 4.79 Å². The molecule has 0 spiro atoms. The van der Waals surface area contributed by atoms with E-state index in [1.54, 1.807) is 7.11 Å². The van der Waals surface area contributed by atoms with E-state index >= 15 is 0 Å². The van der Waals surface area contributed by atoms with E-state index in [1.807, 2.05) is 31.2 Å². The molecule has 1 rings (SSSR count). The highest BCUT2D eigenvalue weighted by Gasteiger charge is 2.38. The van der Waals surface area contributed by atoms with E-state index in [1.165, 1.54) is 0 Å². The Balaban J connectivity index is 2.71. The Kier molecular flexibility index (Phi) is 8.51. The molecule has 0 N–H and O–H groups in total. The minimum absolute atomic E-state index is 0.141. The van der Waals surface area contributed by atoms with Gasteiger partial charge in [0.05, 0.1) is 19.8 Å². The molecule has 0 fully saturated rings. The van der Waals surface area contributed by atoms with Crippen LogP contribution in [0.5, 0.6) is 5.75 Å². The summed E-state index contributed by atoms with van der Waals surface area (Å²) in [6, 6.07) is 7.80. The largest absolute Gasteiger partial charge is 0.497 e. The molecule has 148 valence electrons. The Bertz CT molecular complexity index is 548. The van der Waals surface area contributed by atoms with Crippen molar-refractivity contribution >= 4 is 14.6 Å².